The summed E-state index contributed by atoms with van der Waals surface area (Å²) in [6.45, 7) is 4.20. The minimum atomic E-state index is -2.04. The van der Waals surface area contributed by atoms with Crippen molar-refractivity contribution in [2.75, 3.05) is 54.1 Å². The Bertz CT molecular complexity index is 1810. The molecule has 15 nitrogen and oxygen atoms in total. The fourth-order valence-electron chi connectivity index (χ4n) is 9.27. The summed E-state index contributed by atoms with van der Waals surface area (Å²) in [5.74, 6) is -2.87. The van der Waals surface area contributed by atoms with Crippen LogP contribution in [0.3, 0.4) is 0 Å². The van der Waals surface area contributed by atoms with E-state index in [1.165, 1.54) is 13.2 Å². The average Bonchev–Trinajstić information content (AvgIpc) is 3.54. The number of nitrogens with one attached hydrogen (secondary N) is 1. The van der Waals surface area contributed by atoms with Crippen molar-refractivity contribution in [3.63, 3.8) is 0 Å². The number of methoxy groups -OCH3 is 2. The minimum absolute atomic E-state index is 0.00600. The lowest BCUT2D eigenvalue weighted by Crippen LogP contribution is -2.55. The van der Waals surface area contributed by atoms with Crippen LogP contribution in [0, 0.1) is 0 Å². The first-order chi connectivity index (χ1) is 25.5. The van der Waals surface area contributed by atoms with Gasteiger partial charge in [-0.1, -0.05) is 12.1 Å². The van der Waals surface area contributed by atoms with Crippen molar-refractivity contribution >= 4 is 17.3 Å². The molecule has 2 unspecified atom stereocenters. The van der Waals surface area contributed by atoms with E-state index in [9.17, 15) is 29.7 Å². The van der Waals surface area contributed by atoms with Gasteiger partial charge in [0.2, 0.25) is 5.78 Å². The Kier molecular flexibility index (Phi) is 9.61. The van der Waals surface area contributed by atoms with Gasteiger partial charge in [0.25, 0.3) is 0 Å². The number of rotatable bonds is 8. The zero-order valence-electron chi connectivity index (χ0n) is 30.3. The molecule has 6 aliphatic rings. The number of carbonyl (C=O) groups excluding carboxylic acids is 3. The van der Waals surface area contributed by atoms with Gasteiger partial charge in [-0.25, -0.2) is 0 Å². The van der Waals surface area contributed by atoms with Crippen LogP contribution in [0.4, 0.5) is 0 Å². The molecule has 286 valence electrons. The third-order valence-electron chi connectivity index (χ3n) is 12.1. The first-order valence-electron chi connectivity index (χ1n) is 18.4. The van der Waals surface area contributed by atoms with E-state index in [0.717, 1.165) is 12.8 Å². The maximum absolute atomic E-state index is 14.1. The van der Waals surface area contributed by atoms with Gasteiger partial charge >= 0.3 is 0 Å². The monoisotopic (exact) mass is 737 g/mol. The Balaban J connectivity index is 1.17. The summed E-state index contributed by atoms with van der Waals surface area (Å²) < 4.78 is 36.0. The highest BCUT2D eigenvalue weighted by molar-refractivity contribution is 6.31. The smallest absolute Gasteiger partial charge is 0.202 e. The molecule has 4 fully saturated rings. The molecule has 4 heterocycles. The molecule has 15 heteroatoms. The molecule has 0 bridgehead atoms. The molecule has 8 rings (SSSR count). The van der Waals surface area contributed by atoms with E-state index >= 15 is 0 Å². The van der Waals surface area contributed by atoms with E-state index in [-0.39, 0.29) is 58.7 Å². The molecule has 2 aromatic rings. The number of nitrogens with zero attached hydrogens (tertiary/aromatic N) is 2. The Morgan fingerprint density at radius 2 is 1.79 bits per heavy atom. The molecule has 53 heavy (non-hydrogen) atoms. The molecule has 4 aliphatic heterocycles. The van der Waals surface area contributed by atoms with Gasteiger partial charge < -0.3 is 49.1 Å². The number of benzene rings is 2. The van der Waals surface area contributed by atoms with Crippen LogP contribution in [0.5, 0.6) is 17.2 Å². The minimum Gasteiger partial charge on any atom is -0.507 e. The number of morpholine rings is 1. The second-order valence-corrected chi connectivity index (χ2v) is 15.0. The lowest BCUT2D eigenvalue weighted by molar-refractivity contribution is -0.256. The number of likely N-dealkylation sites (tertiary alicyclic amines) is 1. The van der Waals surface area contributed by atoms with Gasteiger partial charge in [0.15, 0.2) is 30.4 Å². The lowest BCUT2D eigenvalue weighted by Gasteiger charge is -2.44. The lowest BCUT2D eigenvalue weighted by atomic mass is 9.71. The number of carbonyl (C=O) groups is 3. The molecule has 0 spiro atoms. The van der Waals surface area contributed by atoms with Crippen molar-refractivity contribution in [1.82, 2.24) is 15.1 Å². The highest BCUT2D eigenvalue weighted by atomic mass is 16.7. The number of hydrogen-bond acceptors (Lipinski definition) is 15. The van der Waals surface area contributed by atoms with Crippen LogP contribution in [-0.2, 0) is 34.9 Å². The van der Waals surface area contributed by atoms with Gasteiger partial charge in [0.1, 0.15) is 29.0 Å². The third kappa shape index (κ3) is 5.97. The first kappa shape index (κ1) is 36.5. The van der Waals surface area contributed by atoms with E-state index in [2.05, 4.69) is 10.2 Å². The van der Waals surface area contributed by atoms with Gasteiger partial charge in [-0.3, -0.25) is 24.2 Å². The summed E-state index contributed by atoms with van der Waals surface area (Å²) in [5, 5.41) is 39.5. The van der Waals surface area contributed by atoms with E-state index in [4.69, 9.17) is 28.4 Å². The number of piperidine rings is 1. The first-order valence-corrected chi connectivity index (χ1v) is 18.4. The van der Waals surface area contributed by atoms with Crippen LogP contribution in [0.2, 0.25) is 0 Å². The number of aliphatic hydroxyl groups is 1. The molecule has 0 saturated carbocycles. The van der Waals surface area contributed by atoms with Crippen LogP contribution in [-0.4, -0.2) is 145 Å². The number of Topliss-reactive ketones (excluding diaryl/α,β-unsaturated/α-hetero) is 1. The summed E-state index contributed by atoms with van der Waals surface area (Å²) in [7, 11) is 4.85. The van der Waals surface area contributed by atoms with Crippen molar-refractivity contribution in [3.05, 3.63) is 51.6 Å². The third-order valence-corrected chi connectivity index (χ3v) is 12.1. The van der Waals surface area contributed by atoms with Crippen LogP contribution >= 0.6 is 0 Å². The zero-order chi connectivity index (χ0) is 37.3. The number of phenols is 2. The highest BCUT2D eigenvalue weighted by Crippen LogP contribution is 2.53. The summed E-state index contributed by atoms with van der Waals surface area (Å²) in [6.07, 6.45) is -2.56. The highest BCUT2D eigenvalue weighted by Gasteiger charge is 2.55. The summed E-state index contributed by atoms with van der Waals surface area (Å²) >= 11 is 0. The second kappa shape index (κ2) is 14.0. The maximum atomic E-state index is 14.1. The Morgan fingerprint density at radius 1 is 1.04 bits per heavy atom. The molecule has 0 amide bonds. The number of hydrogen-bond donors (Lipinski definition) is 4. The predicted molar refractivity (Wildman–Crippen MR) is 185 cm³/mol. The molecular formula is C38H47N3O12. The van der Waals surface area contributed by atoms with Crippen LogP contribution in [0.1, 0.15) is 81.7 Å². The molecule has 0 aromatic heterocycles. The fourth-order valence-corrected chi connectivity index (χ4v) is 9.27. The second-order valence-electron chi connectivity index (χ2n) is 15.0. The SMILES string of the molecule is CNC1CCN(CC(=O)C2(O)Cc3c(O)c4c(c(O)c3C(O[C@H]3C[C@H]5[C@H](O[C@@H]6[C@@H](OC)OCCN65)[C@H](C)O3)C2)C(=O)c2c(OC)cccc2C4=O)CC1. The van der Waals surface area contributed by atoms with Crippen LogP contribution in [0.25, 0.3) is 0 Å². The molecule has 4 N–H and O–H groups in total. The van der Waals surface area contributed by atoms with Gasteiger partial charge in [-0.15, -0.1) is 0 Å². The zero-order valence-corrected chi connectivity index (χ0v) is 30.3. The van der Waals surface area contributed by atoms with Crippen molar-refractivity contribution < 1.29 is 58.1 Å². The molecule has 2 aliphatic carbocycles. The van der Waals surface area contributed by atoms with Crippen LogP contribution in [0.15, 0.2) is 18.2 Å². The summed E-state index contributed by atoms with van der Waals surface area (Å²) in [5.41, 5.74) is -2.85. The largest absolute Gasteiger partial charge is 0.507 e. The van der Waals surface area contributed by atoms with E-state index in [1.807, 2.05) is 18.9 Å². The van der Waals surface area contributed by atoms with E-state index in [0.29, 0.717) is 38.7 Å². The summed E-state index contributed by atoms with van der Waals surface area (Å²) in [4.78, 5) is 46.4. The number of phenolic OH excluding ortho intramolecular Hbond substituents is 2. The molecule has 4 saturated heterocycles. The van der Waals surface area contributed by atoms with Gasteiger partial charge in [-0.05, 0) is 32.9 Å². The normalized spacial score (nSPS) is 33.1. The van der Waals surface area contributed by atoms with E-state index < -0.39 is 77.4 Å². The standard InChI is InChI=1S/C38H47N3O12/c1-18-35-22(41-12-13-50-37(49-4)36(41)53-35)14-26(51-18)52-24-16-38(47,25(42)17-40-10-8-19(39-2)9-11-40)15-21-28(24)34(46)30-29(32(21)44)31(43)20-6-5-7-23(48-3)27(20)33(30)45/h5-7,18-19,22,24,26,35-37,39,44,46-47H,8-17H2,1-4H3/t18-,22-,24?,26-,35+,36+,37-,38?/m0/s1. The fraction of sp³-hybridized carbons (Fsp3) is 0.605. The van der Waals surface area contributed by atoms with Gasteiger partial charge in [0, 0.05) is 74.8 Å². The van der Waals surface area contributed by atoms with Crippen molar-refractivity contribution in [3.8, 4) is 17.2 Å². The summed E-state index contributed by atoms with van der Waals surface area (Å²) in [6, 6.07) is 4.75. The number of aromatic hydroxyl groups is 2. The van der Waals surface area contributed by atoms with Crippen molar-refractivity contribution in [2.45, 2.75) is 93.8 Å². The molecule has 2 aromatic carbocycles. The Labute approximate surface area is 307 Å². The van der Waals surface area contributed by atoms with Crippen molar-refractivity contribution in [1.29, 1.82) is 0 Å². The topological polar surface area (TPSA) is 186 Å². The molecular weight excluding hydrogens is 690 g/mol. The van der Waals surface area contributed by atoms with Crippen LogP contribution < -0.4 is 10.1 Å². The number of ketones is 3. The molecule has 0 radical (unpaired) electrons. The van der Waals surface area contributed by atoms with Gasteiger partial charge in [0.05, 0.1) is 49.2 Å². The quantitative estimate of drug-likeness (QED) is 0.243. The van der Waals surface area contributed by atoms with E-state index in [1.54, 1.807) is 19.2 Å². The molecule has 8 atom stereocenters. The number of ether oxygens (including phenoxy) is 6. The number of fused-ring (bicyclic) bond motifs is 6. The maximum Gasteiger partial charge on any atom is 0.202 e. The van der Waals surface area contributed by atoms with Crippen molar-refractivity contribution in [2.24, 2.45) is 0 Å². The Morgan fingerprint density at radius 3 is 2.51 bits per heavy atom. The van der Waals surface area contributed by atoms with Gasteiger partial charge in [-0.2, -0.15) is 0 Å². The Hall–Kier alpha value is -3.51. The average molecular weight is 738 g/mol. The predicted octanol–water partition coefficient (Wildman–Crippen LogP) is 1.40.